The summed E-state index contributed by atoms with van der Waals surface area (Å²) in [4.78, 5) is 1.59. The highest BCUT2D eigenvalue weighted by atomic mass is 32.2. The highest BCUT2D eigenvalue weighted by Gasteiger charge is 2.04. The van der Waals surface area contributed by atoms with Crippen molar-refractivity contribution in [2.24, 2.45) is 0 Å². The third-order valence-corrected chi connectivity index (χ3v) is 3.49. The minimum Gasteiger partial charge on any atom is -0.126 e. The Bertz CT molecular complexity index is 287. The number of allylic oxidation sites excluding steroid dienone is 2. The van der Waals surface area contributed by atoms with Crippen molar-refractivity contribution < 1.29 is 0 Å². The number of thioether (sulfide) groups is 1. The fourth-order valence-electron chi connectivity index (χ4n) is 1.52. The van der Waals surface area contributed by atoms with Gasteiger partial charge >= 0.3 is 0 Å². The Hall–Kier alpha value is -0.690. The molecule has 0 radical (unpaired) electrons. The van der Waals surface area contributed by atoms with Gasteiger partial charge in [0.25, 0.3) is 0 Å². The van der Waals surface area contributed by atoms with Gasteiger partial charge in [0.1, 0.15) is 0 Å². The number of benzene rings is 1. The standard InChI is InChI=1S/C12H14S/c1-2-6-11(7-3-1)10-13-12-8-4-5-9-12/h1-3,6-8H,4-5,9-10H2. The molecule has 0 aliphatic heterocycles. The molecule has 0 N–H and O–H groups in total. The zero-order valence-electron chi connectivity index (χ0n) is 7.70. The molecule has 2 rings (SSSR count). The second kappa shape index (κ2) is 4.52. The molecule has 0 amide bonds. The fraction of sp³-hybridized carbons (Fsp3) is 0.333. The van der Waals surface area contributed by atoms with E-state index >= 15 is 0 Å². The van der Waals surface area contributed by atoms with Crippen molar-refractivity contribution in [2.75, 3.05) is 0 Å². The third-order valence-electron chi connectivity index (χ3n) is 2.27. The van der Waals surface area contributed by atoms with Gasteiger partial charge in [0.05, 0.1) is 0 Å². The number of hydrogen-bond donors (Lipinski definition) is 0. The molecule has 13 heavy (non-hydrogen) atoms. The smallest absolute Gasteiger partial charge is 0.0228 e. The molecule has 1 aliphatic carbocycles. The summed E-state index contributed by atoms with van der Waals surface area (Å²) in [6.45, 7) is 0. The first kappa shape index (κ1) is 8.89. The molecule has 0 saturated carbocycles. The van der Waals surface area contributed by atoms with Gasteiger partial charge in [-0.05, 0) is 29.7 Å². The van der Waals surface area contributed by atoms with Crippen LogP contribution in [0.5, 0.6) is 0 Å². The van der Waals surface area contributed by atoms with Gasteiger partial charge in [0, 0.05) is 5.75 Å². The van der Waals surface area contributed by atoms with Gasteiger partial charge in [-0.25, -0.2) is 0 Å². The van der Waals surface area contributed by atoms with Crippen LogP contribution in [0, 0.1) is 0 Å². The maximum absolute atomic E-state index is 2.38. The summed E-state index contributed by atoms with van der Waals surface area (Å²) >= 11 is 2.00. The lowest BCUT2D eigenvalue weighted by Crippen LogP contribution is -1.78. The van der Waals surface area contributed by atoms with Crippen LogP contribution in [0.2, 0.25) is 0 Å². The van der Waals surface area contributed by atoms with Gasteiger partial charge in [-0.15, -0.1) is 11.8 Å². The Labute approximate surface area is 84.0 Å². The summed E-state index contributed by atoms with van der Waals surface area (Å²) < 4.78 is 0. The minimum atomic E-state index is 1.13. The molecule has 0 saturated heterocycles. The van der Waals surface area contributed by atoms with Crippen LogP contribution >= 0.6 is 11.8 Å². The molecular weight excluding hydrogens is 176 g/mol. The first-order valence-corrected chi connectivity index (χ1v) is 5.79. The van der Waals surface area contributed by atoms with Crippen LogP contribution in [-0.2, 0) is 5.75 Å². The molecule has 0 fully saturated rings. The third kappa shape index (κ3) is 2.63. The lowest BCUT2D eigenvalue weighted by molar-refractivity contribution is 0.925. The van der Waals surface area contributed by atoms with Crippen LogP contribution in [-0.4, -0.2) is 0 Å². The van der Waals surface area contributed by atoms with Crippen molar-refractivity contribution in [3.63, 3.8) is 0 Å². The normalized spacial score (nSPS) is 15.8. The molecule has 68 valence electrons. The van der Waals surface area contributed by atoms with Gasteiger partial charge < -0.3 is 0 Å². The number of rotatable bonds is 3. The Morgan fingerprint density at radius 3 is 2.69 bits per heavy atom. The Balaban J connectivity index is 1.86. The second-order valence-corrected chi connectivity index (χ2v) is 4.44. The largest absolute Gasteiger partial charge is 0.126 e. The molecule has 0 heterocycles. The predicted molar refractivity (Wildman–Crippen MR) is 59.7 cm³/mol. The van der Waals surface area contributed by atoms with Crippen LogP contribution < -0.4 is 0 Å². The van der Waals surface area contributed by atoms with E-state index < -0.39 is 0 Å². The molecule has 0 spiro atoms. The zero-order valence-corrected chi connectivity index (χ0v) is 8.52. The molecule has 1 aromatic carbocycles. The van der Waals surface area contributed by atoms with Crippen molar-refractivity contribution in [3.05, 3.63) is 46.9 Å². The first-order valence-electron chi connectivity index (χ1n) is 4.81. The summed E-state index contributed by atoms with van der Waals surface area (Å²) in [5.41, 5.74) is 1.43. The molecule has 0 aromatic heterocycles. The summed E-state index contributed by atoms with van der Waals surface area (Å²) in [6, 6.07) is 10.7. The molecule has 0 nitrogen and oxygen atoms in total. The molecule has 0 atom stereocenters. The molecule has 0 bridgehead atoms. The summed E-state index contributed by atoms with van der Waals surface area (Å²) in [5.74, 6) is 1.13. The minimum absolute atomic E-state index is 1.13. The van der Waals surface area contributed by atoms with Crippen LogP contribution in [0.3, 0.4) is 0 Å². The van der Waals surface area contributed by atoms with Gasteiger partial charge in [-0.1, -0.05) is 36.4 Å². The summed E-state index contributed by atoms with van der Waals surface area (Å²) in [5, 5.41) is 0. The summed E-state index contributed by atoms with van der Waals surface area (Å²) in [6.07, 6.45) is 6.33. The van der Waals surface area contributed by atoms with E-state index in [9.17, 15) is 0 Å². The van der Waals surface area contributed by atoms with Crippen molar-refractivity contribution in [2.45, 2.75) is 25.0 Å². The van der Waals surface area contributed by atoms with Gasteiger partial charge in [0.15, 0.2) is 0 Å². The van der Waals surface area contributed by atoms with Gasteiger partial charge in [-0.2, -0.15) is 0 Å². The van der Waals surface area contributed by atoms with Crippen LogP contribution in [0.1, 0.15) is 24.8 Å². The van der Waals surface area contributed by atoms with Gasteiger partial charge in [0.2, 0.25) is 0 Å². The summed E-state index contributed by atoms with van der Waals surface area (Å²) in [7, 11) is 0. The Morgan fingerprint density at radius 1 is 1.15 bits per heavy atom. The molecular formula is C12H14S. The van der Waals surface area contributed by atoms with Crippen molar-refractivity contribution in [3.8, 4) is 0 Å². The lowest BCUT2D eigenvalue weighted by atomic mass is 10.2. The lowest BCUT2D eigenvalue weighted by Gasteiger charge is -2.01. The Morgan fingerprint density at radius 2 is 2.00 bits per heavy atom. The Kier molecular flexibility index (Phi) is 3.09. The van der Waals surface area contributed by atoms with E-state index in [1.54, 1.807) is 4.91 Å². The maximum Gasteiger partial charge on any atom is 0.0228 e. The van der Waals surface area contributed by atoms with Gasteiger partial charge in [-0.3, -0.25) is 0 Å². The molecule has 1 aliphatic rings. The van der Waals surface area contributed by atoms with E-state index in [1.165, 1.54) is 24.8 Å². The van der Waals surface area contributed by atoms with Crippen LogP contribution in [0.25, 0.3) is 0 Å². The van der Waals surface area contributed by atoms with Crippen LogP contribution in [0.4, 0.5) is 0 Å². The van der Waals surface area contributed by atoms with Crippen molar-refractivity contribution >= 4 is 11.8 Å². The number of hydrogen-bond acceptors (Lipinski definition) is 1. The van der Waals surface area contributed by atoms with Crippen LogP contribution in [0.15, 0.2) is 41.3 Å². The highest BCUT2D eigenvalue weighted by molar-refractivity contribution is 8.02. The monoisotopic (exact) mass is 190 g/mol. The van der Waals surface area contributed by atoms with E-state index in [1.807, 2.05) is 11.8 Å². The SMILES string of the molecule is C1=C(SCc2ccccc2)CCC1. The highest BCUT2D eigenvalue weighted by Crippen LogP contribution is 2.30. The maximum atomic E-state index is 2.38. The van der Waals surface area contributed by atoms with Crippen molar-refractivity contribution in [1.82, 2.24) is 0 Å². The zero-order chi connectivity index (χ0) is 8.93. The molecule has 1 heteroatoms. The van der Waals surface area contributed by atoms with E-state index in [4.69, 9.17) is 0 Å². The van der Waals surface area contributed by atoms with E-state index in [0.29, 0.717) is 0 Å². The van der Waals surface area contributed by atoms with E-state index in [-0.39, 0.29) is 0 Å². The quantitative estimate of drug-likeness (QED) is 0.694. The average Bonchev–Trinajstić information content (AvgIpc) is 2.69. The molecule has 1 aromatic rings. The predicted octanol–water partition coefficient (Wildman–Crippen LogP) is 3.99. The van der Waals surface area contributed by atoms with Crippen molar-refractivity contribution in [1.29, 1.82) is 0 Å². The molecule has 0 unspecified atom stereocenters. The fourth-order valence-corrected chi connectivity index (χ4v) is 2.59. The average molecular weight is 190 g/mol. The topological polar surface area (TPSA) is 0 Å². The second-order valence-electron chi connectivity index (χ2n) is 3.34. The first-order chi connectivity index (χ1) is 6.45. The van der Waals surface area contributed by atoms with E-state index in [0.717, 1.165) is 5.75 Å². The van der Waals surface area contributed by atoms with E-state index in [2.05, 4.69) is 36.4 Å².